The van der Waals surface area contributed by atoms with Gasteiger partial charge in [-0.2, -0.15) is 0 Å². The van der Waals surface area contributed by atoms with Crippen molar-refractivity contribution in [2.45, 2.75) is 91.5 Å². The fourth-order valence-electron chi connectivity index (χ4n) is 5.36. The molecular weight excluding hydrogens is 486 g/mol. The highest BCUT2D eigenvalue weighted by molar-refractivity contribution is 5.95. The van der Waals surface area contributed by atoms with Crippen molar-refractivity contribution in [1.29, 1.82) is 0 Å². The number of ether oxygens (including phenoxy) is 1. The largest absolute Gasteiger partial charge is 0.493 e. The second-order valence-electron chi connectivity index (χ2n) is 10.4. The van der Waals surface area contributed by atoms with Crippen LogP contribution in [-0.2, 0) is 6.42 Å². The first kappa shape index (κ1) is 29.8. The molecule has 8 heteroatoms. The molecule has 1 aromatic carbocycles. The second-order valence-corrected chi connectivity index (χ2v) is 10.4. The first-order valence-corrected chi connectivity index (χ1v) is 14.4. The Morgan fingerprint density at radius 2 is 1.71 bits per heavy atom. The van der Waals surface area contributed by atoms with Gasteiger partial charge in [0, 0.05) is 43.7 Å². The Labute approximate surface area is 226 Å². The van der Waals surface area contributed by atoms with Gasteiger partial charge < -0.3 is 15.0 Å². The van der Waals surface area contributed by atoms with Gasteiger partial charge in [-0.3, -0.25) is 4.79 Å². The van der Waals surface area contributed by atoms with Crippen LogP contribution in [0.25, 0.3) is 0 Å². The van der Waals surface area contributed by atoms with Crippen molar-refractivity contribution in [1.82, 2.24) is 15.3 Å². The molecule has 1 saturated heterocycles. The van der Waals surface area contributed by atoms with Crippen LogP contribution in [0.3, 0.4) is 0 Å². The van der Waals surface area contributed by atoms with E-state index in [9.17, 15) is 13.6 Å². The van der Waals surface area contributed by atoms with Gasteiger partial charge in [-0.25, -0.2) is 18.7 Å². The molecular formula is C30H44F2N4O2. The van der Waals surface area contributed by atoms with Gasteiger partial charge in [0.05, 0.1) is 6.61 Å². The van der Waals surface area contributed by atoms with Crippen molar-refractivity contribution >= 4 is 11.9 Å². The number of halogens is 2. The van der Waals surface area contributed by atoms with Gasteiger partial charge in [0.1, 0.15) is 22.9 Å². The molecule has 1 atom stereocenters. The first-order valence-electron chi connectivity index (χ1n) is 14.4. The fraction of sp³-hybridized carbons (Fsp3) is 0.633. The molecule has 6 nitrogen and oxygen atoms in total. The minimum absolute atomic E-state index is 0.0989. The van der Waals surface area contributed by atoms with Crippen LogP contribution in [0.1, 0.15) is 95.0 Å². The van der Waals surface area contributed by atoms with Crippen LogP contribution in [0.15, 0.2) is 24.5 Å². The van der Waals surface area contributed by atoms with E-state index in [0.29, 0.717) is 12.5 Å². The summed E-state index contributed by atoms with van der Waals surface area (Å²) in [5.74, 6) is -0.714. The van der Waals surface area contributed by atoms with E-state index in [1.807, 2.05) is 19.3 Å². The Morgan fingerprint density at radius 3 is 2.26 bits per heavy atom. The maximum atomic E-state index is 14.8. The van der Waals surface area contributed by atoms with Gasteiger partial charge in [-0.1, -0.05) is 47.0 Å². The summed E-state index contributed by atoms with van der Waals surface area (Å²) in [6.45, 7) is 10.5. The zero-order valence-corrected chi connectivity index (χ0v) is 23.4. The monoisotopic (exact) mass is 530 g/mol. The molecule has 0 unspecified atom stereocenters. The highest BCUT2D eigenvalue weighted by Gasteiger charge is 2.25. The minimum Gasteiger partial charge on any atom is -0.493 e. The highest BCUT2D eigenvalue weighted by atomic mass is 19.1. The number of amides is 1. The van der Waals surface area contributed by atoms with Crippen LogP contribution >= 0.6 is 0 Å². The Morgan fingerprint density at radius 1 is 1.08 bits per heavy atom. The molecule has 1 aliphatic heterocycles. The SMILES string of the molecule is CCC[C@H](NC(=O)c1c(F)cc(OCCCC2CCN(c3ncc(CC)cn3)CC2)cc1F)C(CC)CC. The molecule has 1 amide bonds. The van der Waals surface area contributed by atoms with Crippen LogP contribution < -0.4 is 15.0 Å². The van der Waals surface area contributed by atoms with E-state index >= 15 is 0 Å². The average molecular weight is 531 g/mol. The van der Waals surface area contributed by atoms with E-state index in [-0.39, 0.29) is 17.7 Å². The van der Waals surface area contributed by atoms with E-state index < -0.39 is 23.1 Å². The highest BCUT2D eigenvalue weighted by Crippen LogP contribution is 2.26. The van der Waals surface area contributed by atoms with Crippen LogP contribution in [0.4, 0.5) is 14.7 Å². The fourth-order valence-corrected chi connectivity index (χ4v) is 5.36. The standard InChI is InChI=1S/C30H44F2N4O2/c1-5-10-27(23(7-3)8-4)35-29(37)28-25(31)17-24(18-26(28)32)38-16-9-11-22-12-14-36(15-13-22)30-33-19-21(6-2)20-34-30/h17-20,22-23,27H,5-16H2,1-4H3,(H,35,37)/t27-/m0/s1. The topological polar surface area (TPSA) is 67.3 Å². The predicted octanol–water partition coefficient (Wildman–Crippen LogP) is 6.73. The summed E-state index contributed by atoms with van der Waals surface area (Å²) < 4.78 is 35.2. The van der Waals surface area contributed by atoms with Crippen LogP contribution in [0, 0.1) is 23.5 Å². The lowest BCUT2D eigenvalue weighted by atomic mass is 9.90. The average Bonchev–Trinajstić information content (AvgIpc) is 2.92. The third kappa shape index (κ3) is 8.11. The molecule has 0 bridgehead atoms. The van der Waals surface area contributed by atoms with Crippen LogP contribution in [-0.4, -0.2) is 41.6 Å². The van der Waals surface area contributed by atoms with E-state index in [2.05, 4.69) is 41.0 Å². The number of hydrogen-bond donors (Lipinski definition) is 1. The predicted molar refractivity (Wildman–Crippen MR) is 148 cm³/mol. The minimum atomic E-state index is -0.890. The number of aryl methyl sites for hydroxylation is 1. The quantitative estimate of drug-likeness (QED) is 0.274. The van der Waals surface area contributed by atoms with Gasteiger partial charge in [-0.15, -0.1) is 0 Å². The Bertz CT molecular complexity index is 983. The van der Waals surface area contributed by atoms with Gasteiger partial charge in [0.15, 0.2) is 0 Å². The molecule has 2 heterocycles. The molecule has 0 saturated carbocycles. The number of hydrogen-bond acceptors (Lipinski definition) is 5. The number of anilines is 1. The first-order chi connectivity index (χ1) is 18.4. The Kier molecular flexibility index (Phi) is 11.7. The van der Waals surface area contributed by atoms with E-state index in [1.54, 1.807) is 0 Å². The second kappa shape index (κ2) is 15.0. The molecule has 0 spiro atoms. The maximum Gasteiger partial charge on any atom is 0.257 e. The molecule has 210 valence electrons. The van der Waals surface area contributed by atoms with Gasteiger partial charge in [0.2, 0.25) is 5.95 Å². The Hall–Kier alpha value is -2.77. The van der Waals surface area contributed by atoms with E-state index in [0.717, 1.165) is 94.5 Å². The third-order valence-corrected chi connectivity index (χ3v) is 7.80. The summed E-state index contributed by atoms with van der Waals surface area (Å²) in [4.78, 5) is 23.9. The van der Waals surface area contributed by atoms with Crippen molar-refractivity contribution in [3.63, 3.8) is 0 Å². The number of benzene rings is 1. The summed E-state index contributed by atoms with van der Waals surface area (Å²) in [5, 5.41) is 2.87. The molecule has 3 rings (SSSR count). The number of carbonyl (C=O) groups excluding carboxylic acids is 1. The number of rotatable bonds is 14. The molecule has 1 aliphatic rings. The molecule has 0 aliphatic carbocycles. The van der Waals surface area contributed by atoms with Gasteiger partial charge in [0.25, 0.3) is 5.91 Å². The molecule has 1 fully saturated rings. The smallest absolute Gasteiger partial charge is 0.257 e. The number of nitrogens with zero attached hydrogens (tertiary/aromatic N) is 3. The van der Waals surface area contributed by atoms with Crippen molar-refractivity contribution in [2.75, 3.05) is 24.6 Å². The number of carbonyl (C=O) groups is 1. The molecule has 1 aromatic heterocycles. The van der Waals surface area contributed by atoms with E-state index in [1.165, 1.54) is 0 Å². The summed E-state index contributed by atoms with van der Waals surface area (Å²) >= 11 is 0. The molecule has 2 aromatic rings. The van der Waals surface area contributed by atoms with Gasteiger partial charge in [-0.05, 0) is 55.9 Å². The molecule has 1 N–H and O–H groups in total. The van der Waals surface area contributed by atoms with Crippen LogP contribution in [0.2, 0.25) is 0 Å². The number of nitrogens with one attached hydrogen (secondary N) is 1. The van der Waals surface area contributed by atoms with Crippen molar-refractivity contribution in [3.05, 3.63) is 47.3 Å². The third-order valence-electron chi connectivity index (χ3n) is 7.80. The number of aromatic nitrogens is 2. The van der Waals surface area contributed by atoms with Crippen molar-refractivity contribution in [2.24, 2.45) is 11.8 Å². The van der Waals surface area contributed by atoms with Crippen LogP contribution in [0.5, 0.6) is 5.75 Å². The number of piperidine rings is 1. The summed E-state index contributed by atoms with van der Waals surface area (Å²) in [5.41, 5.74) is 0.600. The van der Waals surface area contributed by atoms with Crippen molar-refractivity contribution < 1.29 is 18.3 Å². The van der Waals surface area contributed by atoms with E-state index in [4.69, 9.17) is 4.74 Å². The molecule has 38 heavy (non-hydrogen) atoms. The van der Waals surface area contributed by atoms with Gasteiger partial charge >= 0.3 is 0 Å². The zero-order valence-electron chi connectivity index (χ0n) is 23.4. The summed E-state index contributed by atoms with van der Waals surface area (Å²) in [6.07, 6.45) is 12.1. The molecule has 0 radical (unpaired) electrons. The lowest BCUT2D eigenvalue weighted by Crippen LogP contribution is -2.40. The summed E-state index contributed by atoms with van der Waals surface area (Å²) in [6, 6.07) is 2.14. The zero-order chi connectivity index (χ0) is 27.5. The normalized spacial score (nSPS) is 15.1. The van der Waals surface area contributed by atoms with Crippen molar-refractivity contribution in [3.8, 4) is 5.75 Å². The lowest BCUT2D eigenvalue weighted by molar-refractivity contribution is 0.0907. The maximum absolute atomic E-state index is 14.8. The Balaban J connectivity index is 1.45. The lowest BCUT2D eigenvalue weighted by Gasteiger charge is -2.32. The summed E-state index contributed by atoms with van der Waals surface area (Å²) in [7, 11) is 0.